The minimum atomic E-state index is -1.09. The van der Waals surface area contributed by atoms with E-state index in [1.807, 2.05) is 0 Å². The zero-order valence-electron chi connectivity index (χ0n) is 12.6. The van der Waals surface area contributed by atoms with Crippen LogP contribution in [-0.2, 0) is 6.54 Å². The normalized spacial score (nSPS) is 13.8. The van der Waals surface area contributed by atoms with Crippen LogP contribution in [0.25, 0.3) is 22.0 Å². The minimum absolute atomic E-state index is 0.0858. The van der Waals surface area contributed by atoms with E-state index in [4.69, 9.17) is 5.11 Å². The first-order chi connectivity index (χ1) is 11.6. The Morgan fingerprint density at radius 2 is 1.83 bits per heavy atom. The molecule has 2 heterocycles. The van der Waals surface area contributed by atoms with E-state index in [1.165, 1.54) is 17.0 Å². The number of carbonyl (C=O) groups is 1. The molecule has 2 N–H and O–H groups in total. The van der Waals surface area contributed by atoms with E-state index in [1.54, 1.807) is 30.3 Å². The van der Waals surface area contributed by atoms with Gasteiger partial charge in [-0.1, -0.05) is 24.3 Å². The van der Waals surface area contributed by atoms with Crippen molar-refractivity contribution in [3.8, 4) is 11.3 Å². The highest BCUT2D eigenvalue weighted by molar-refractivity contribution is 6.26. The maximum atomic E-state index is 12.9. The van der Waals surface area contributed by atoms with Crippen molar-refractivity contribution in [2.24, 2.45) is 0 Å². The van der Waals surface area contributed by atoms with Gasteiger partial charge in [0.05, 0.1) is 35.9 Å². The van der Waals surface area contributed by atoms with Crippen LogP contribution in [0.15, 0.2) is 47.5 Å². The molecule has 120 valence electrons. The molecule has 3 aromatic rings. The summed E-state index contributed by atoms with van der Waals surface area (Å²) in [6.07, 6.45) is 1.93. The molecule has 0 radical (unpaired) electrons. The number of rotatable bonds is 3. The molecule has 4 rings (SSSR count). The number of hydrogen-bond donors (Lipinski definition) is 2. The Bertz CT molecular complexity index is 1040. The molecule has 0 fully saturated rings. The van der Waals surface area contributed by atoms with Gasteiger partial charge in [-0.2, -0.15) is 0 Å². The van der Waals surface area contributed by atoms with Crippen LogP contribution in [-0.4, -0.2) is 38.3 Å². The van der Waals surface area contributed by atoms with Crippen LogP contribution in [0.5, 0.6) is 0 Å². The van der Waals surface area contributed by atoms with E-state index < -0.39 is 12.7 Å². The van der Waals surface area contributed by atoms with Crippen molar-refractivity contribution in [3.63, 3.8) is 0 Å². The third-order valence-electron chi connectivity index (χ3n) is 4.33. The van der Waals surface area contributed by atoms with Gasteiger partial charge in [0.15, 0.2) is 5.78 Å². The second kappa shape index (κ2) is 5.36. The predicted octanol–water partition coefficient (Wildman–Crippen LogP) is 0.961. The van der Waals surface area contributed by atoms with Gasteiger partial charge in [-0.3, -0.25) is 14.6 Å². The molecular formula is C18H14N2O4. The Labute approximate surface area is 136 Å². The van der Waals surface area contributed by atoms with Gasteiger partial charge >= 0.3 is 0 Å². The lowest BCUT2D eigenvalue weighted by molar-refractivity contribution is 0.0808. The molecule has 0 bridgehead atoms. The number of aromatic nitrogens is 2. The summed E-state index contributed by atoms with van der Waals surface area (Å²) in [6.45, 7) is -0.553. The highest BCUT2D eigenvalue weighted by Gasteiger charge is 2.32. The van der Waals surface area contributed by atoms with Crippen LogP contribution in [0.2, 0.25) is 0 Å². The fourth-order valence-electron chi connectivity index (χ4n) is 3.26. The molecule has 6 nitrogen and oxygen atoms in total. The fourth-order valence-corrected chi connectivity index (χ4v) is 3.26. The quantitative estimate of drug-likeness (QED) is 0.586. The highest BCUT2D eigenvalue weighted by Crippen LogP contribution is 2.38. The van der Waals surface area contributed by atoms with Gasteiger partial charge in [0.25, 0.3) is 5.56 Å². The van der Waals surface area contributed by atoms with Crippen molar-refractivity contribution in [2.45, 2.75) is 12.6 Å². The van der Waals surface area contributed by atoms with E-state index in [2.05, 4.69) is 4.98 Å². The van der Waals surface area contributed by atoms with E-state index in [0.29, 0.717) is 33.2 Å². The van der Waals surface area contributed by atoms with Crippen molar-refractivity contribution in [2.75, 3.05) is 6.61 Å². The lowest BCUT2D eigenvalue weighted by Gasteiger charge is -2.16. The Morgan fingerprint density at radius 3 is 2.58 bits per heavy atom. The topological polar surface area (TPSA) is 92.4 Å². The maximum absolute atomic E-state index is 12.9. The number of nitrogens with zero attached hydrogens (tertiary/aromatic N) is 2. The summed E-state index contributed by atoms with van der Waals surface area (Å²) in [4.78, 5) is 29.8. The standard InChI is InChI=1S/C18H14N2O4/c21-9-10(22)8-20-16-11-3-1-2-4-12(11)17(23)15(16)14-7-19-6-5-13(14)18(20)24/h1-7,10,21-22H,8-9H2/t10-/m0/s1. The number of ketones is 1. The minimum Gasteiger partial charge on any atom is -0.394 e. The molecule has 24 heavy (non-hydrogen) atoms. The Hall–Kier alpha value is -2.83. The number of aliphatic hydroxyl groups excluding tert-OH is 2. The van der Waals surface area contributed by atoms with Gasteiger partial charge in [0.1, 0.15) is 0 Å². The number of aliphatic hydroxyl groups is 2. The second-order valence-electron chi connectivity index (χ2n) is 5.77. The first kappa shape index (κ1) is 14.7. The van der Waals surface area contributed by atoms with E-state index in [-0.39, 0.29) is 17.9 Å². The third-order valence-corrected chi connectivity index (χ3v) is 4.33. The number of fused-ring (bicyclic) bond motifs is 5. The molecule has 0 saturated carbocycles. The molecule has 0 spiro atoms. The second-order valence-corrected chi connectivity index (χ2v) is 5.77. The lowest BCUT2D eigenvalue weighted by atomic mass is 10.0. The molecule has 1 atom stereocenters. The molecule has 0 saturated heterocycles. The van der Waals surface area contributed by atoms with Crippen LogP contribution in [0.1, 0.15) is 15.9 Å². The lowest BCUT2D eigenvalue weighted by Crippen LogP contribution is -2.30. The molecule has 6 heteroatoms. The first-order valence-corrected chi connectivity index (χ1v) is 7.57. The summed E-state index contributed by atoms with van der Waals surface area (Å²) in [7, 11) is 0. The van der Waals surface area contributed by atoms with E-state index in [9.17, 15) is 14.7 Å². The highest BCUT2D eigenvalue weighted by atomic mass is 16.3. The van der Waals surface area contributed by atoms with Crippen molar-refractivity contribution >= 4 is 16.6 Å². The van der Waals surface area contributed by atoms with Crippen LogP contribution in [0.4, 0.5) is 0 Å². The first-order valence-electron chi connectivity index (χ1n) is 7.57. The Morgan fingerprint density at radius 1 is 1.08 bits per heavy atom. The molecule has 1 aliphatic rings. The molecular weight excluding hydrogens is 308 g/mol. The largest absolute Gasteiger partial charge is 0.394 e. The van der Waals surface area contributed by atoms with Crippen molar-refractivity contribution in [1.29, 1.82) is 0 Å². The number of carbonyl (C=O) groups excluding carboxylic acids is 1. The average Bonchev–Trinajstić information content (AvgIpc) is 2.92. The van der Waals surface area contributed by atoms with Gasteiger partial charge in [-0.05, 0) is 6.07 Å². The molecule has 1 aromatic carbocycles. The molecule has 0 aliphatic heterocycles. The number of pyridine rings is 2. The molecule has 1 aliphatic carbocycles. The van der Waals surface area contributed by atoms with Crippen molar-refractivity contribution in [3.05, 3.63) is 64.2 Å². The monoisotopic (exact) mass is 322 g/mol. The van der Waals surface area contributed by atoms with Crippen LogP contribution in [0, 0.1) is 0 Å². The molecule has 2 aromatic heterocycles. The Balaban J connectivity index is 2.15. The van der Waals surface area contributed by atoms with E-state index >= 15 is 0 Å². The summed E-state index contributed by atoms with van der Waals surface area (Å²) < 4.78 is 1.38. The van der Waals surface area contributed by atoms with Gasteiger partial charge in [0.2, 0.25) is 0 Å². The molecule has 0 unspecified atom stereocenters. The van der Waals surface area contributed by atoms with Gasteiger partial charge < -0.3 is 14.8 Å². The summed E-state index contributed by atoms with van der Waals surface area (Å²) in [5, 5.41) is 19.9. The smallest absolute Gasteiger partial charge is 0.259 e. The third kappa shape index (κ3) is 1.94. The zero-order valence-corrected chi connectivity index (χ0v) is 12.6. The molecule has 0 amide bonds. The van der Waals surface area contributed by atoms with Crippen molar-refractivity contribution in [1.82, 2.24) is 9.55 Å². The SMILES string of the molecule is O=C1c2ccccc2-c2c1c1cnccc1c(=O)n2C[C@H](O)CO. The predicted molar refractivity (Wildman–Crippen MR) is 88.0 cm³/mol. The van der Waals surface area contributed by atoms with Gasteiger partial charge in [0, 0.05) is 28.9 Å². The number of benzene rings is 1. The summed E-state index contributed by atoms with van der Waals surface area (Å²) >= 11 is 0. The van der Waals surface area contributed by atoms with Gasteiger partial charge in [-0.25, -0.2) is 0 Å². The van der Waals surface area contributed by atoms with Crippen LogP contribution in [0.3, 0.4) is 0 Å². The Kier molecular flexibility index (Phi) is 3.30. The van der Waals surface area contributed by atoms with Crippen LogP contribution >= 0.6 is 0 Å². The van der Waals surface area contributed by atoms with Crippen molar-refractivity contribution < 1.29 is 15.0 Å². The zero-order chi connectivity index (χ0) is 16.8. The summed E-state index contributed by atoms with van der Waals surface area (Å²) in [6, 6.07) is 8.63. The number of hydrogen-bond acceptors (Lipinski definition) is 5. The van der Waals surface area contributed by atoms with Crippen LogP contribution < -0.4 is 5.56 Å². The summed E-state index contributed by atoms with van der Waals surface area (Å²) in [5.74, 6) is -0.161. The fraction of sp³-hybridized carbons (Fsp3) is 0.167. The summed E-state index contributed by atoms with van der Waals surface area (Å²) in [5.41, 5.74) is 1.77. The average molecular weight is 322 g/mol. The maximum Gasteiger partial charge on any atom is 0.259 e. The van der Waals surface area contributed by atoms with E-state index in [0.717, 1.165) is 0 Å². The van der Waals surface area contributed by atoms with Gasteiger partial charge in [-0.15, -0.1) is 0 Å².